The number of ether oxygens (including phenoxy) is 1. The third kappa shape index (κ3) is 6.01. The van der Waals surface area contributed by atoms with Crippen LogP contribution in [0.4, 0.5) is 17.6 Å². The summed E-state index contributed by atoms with van der Waals surface area (Å²) in [5.74, 6) is -3.39. The molecule has 3 N–H and O–H groups in total. The summed E-state index contributed by atoms with van der Waals surface area (Å²) in [5, 5.41) is 9.30. The van der Waals surface area contributed by atoms with Crippen LogP contribution in [0.15, 0.2) is 22.8 Å². The number of hydrogen-bond acceptors (Lipinski definition) is 6. The van der Waals surface area contributed by atoms with Crippen molar-refractivity contribution in [2.24, 2.45) is 16.6 Å². The second kappa shape index (κ2) is 9.23. The number of allylic oxidation sites excluding steroid dienone is 1. The average Bonchev–Trinajstić information content (AvgIpc) is 2.66. The molecule has 0 saturated heterocycles. The van der Waals surface area contributed by atoms with E-state index < -0.39 is 42.4 Å². The fraction of sp³-hybridized carbons (Fsp3) is 0.474. The Balaban J connectivity index is 2.47. The maximum atomic E-state index is 14.3. The Labute approximate surface area is 169 Å². The number of nitrogens with zero attached hydrogens (tertiary/aromatic N) is 2. The standard InChI is InChI=1S/C19H21F4N3O4/c1-9(10(2)27)26-15-5-11(18(28)29)3-4-12(15)17(24)13-6-16(25-7-14(13)20)30-8-19(21,22)23/h6-7,9,11H,3-5,8,24H2,1-2H3,(H,28,29)/t9?,11-/m1/s1. The quantitative estimate of drug-likeness (QED) is 0.669. The number of carboxylic acids is 1. The summed E-state index contributed by atoms with van der Waals surface area (Å²) in [5.41, 5.74) is 6.34. The van der Waals surface area contributed by atoms with E-state index in [0.717, 1.165) is 6.07 Å². The number of aliphatic carboxylic acids is 1. The third-order valence-corrected chi connectivity index (χ3v) is 4.65. The molecule has 1 aliphatic rings. The number of alkyl halides is 3. The SMILES string of the molecule is CC(=O)C(C)N=C1C[C@H](C(=O)O)CCC1=C(N)c1cc(OCC(F)(F)F)ncc1F. The highest BCUT2D eigenvalue weighted by molar-refractivity contribution is 6.08. The molecule has 1 saturated carbocycles. The maximum Gasteiger partial charge on any atom is 0.422 e. The van der Waals surface area contributed by atoms with Gasteiger partial charge in [0.2, 0.25) is 5.88 Å². The topological polar surface area (TPSA) is 115 Å². The first-order chi connectivity index (χ1) is 13.9. The second-order valence-corrected chi connectivity index (χ2v) is 6.94. The Morgan fingerprint density at radius 3 is 2.67 bits per heavy atom. The van der Waals surface area contributed by atoms with Crippen LogP contribution in [0.5, 0.6) is 5.88 Å². The van der Waals surface area contributed by atoms with Crippen molar-refractivity contribution in [3.63, 3.8) is 0 Å². The molecule has 1 unspecified atom stereocenters. The molecule has 0 bridgehead atoms. The summed E-state index contributed by atoms with van der Waals surface area (Å²) >= 11 is 0. The molecule has 1 heterocycles. The molecule has 0 spiro atoms. The van der Waals surface area contributed by atoms with Gasteiger partial charge in [0.15, 0.2) is 18.2 Å². The molecule has 164 valence electrons. The lowest BCUT2D eigenvalue weighted by Crippen LogP contribution is -2.28. The minimum absolute atomic E-state index is 0.00683. The van der Waals surface area contributed by atoms with Crippen LogP contribution in [0.1, 0.15) is 38.7 Å². The van der Waals surface area contributed by atoms with Gasteiger partial charge in [-0.2, -0.15) is 13.2 Å². The lowest BCUT2D eigenvalue weighted by atomic mass is 9.82. The first-order valence-corrected chi connectivity index (χ1v) is 9.03. The van der Waals surface area contributed by atoms with Crippen molar-refractivity contribution in [2.45, 2.75) is 45.3 Å². The van der Waals surface area contributed by atoms with Gasteiger partial charge in [-0.1, -0.05) is 0 Å². The molecule has 2 rings (SSSR count). The summed E-state index contributed by atoms with van der Waals surface area (Å²) in [7, 11) is 0. The minimum Gasteiger partial charge on any atom is -0.481 e. The number of carboxylic acid groups (broad SMARTS) is 1. The van der Waals surface area contributed by atoms with E-state index in [1.54, 1.807) is 0 Å². The van der Waals surface area contributed by atoms with Crippen LogP contribution in [0.3, 0.4) is 0 Å². The molecule has 1 aromatic heterocycles. The van der Waals surface area contributed by atoms with Crippen LogP contribution in [0.25, 0.3) is 5.70 Å². The van der Waals surface area contributed by atoms with Crippen LogP contribution < -0.4 is 10.5 Å². The normalized spacial score (nSPS) is 21.3. The van der Waals surface area contributed by atoms with E-state index in [9.17, 15) is 32.3 Å². The Hall–Kier alpha value is -2.98. The van der Waals surface area contributed by atoms with Crippen molar-refractivity contribution < 1.29 is 37.0 Å². The summed E-state index contributed by atoms with van der Waals surface area (Å²) in [6, 6.07) is 0.182. The van der Waals surface area contributed by atoms with Crippen LogP contribution in [0.2, 0.25) is 0 Å². The monoisotopic (exact) mass is 431 g/mol. The molecule has 0 radical (unpaired) electrons. The summed E-state index contributed by atoms with van der Waals surface area (Å²) in [4.78, 5) is 30.7. The molecule has 2 atom stereocenters. The largest absolute Gasteiger partial charge is 0.481 e. The molecule has 0 aromatic carbocycles. The highest BCUT2D eigenvalue weighted by atomic mass is 19.4. The Bertz CT molecular complexity index is 896. The molecule has 1 aliphatic carbocycles. The van der Waals surface area contributed by atoms with Crippen molar-refractivity contribution in [3.05, 3.63) is 29.2 Å². The van der Waals surface area contributed by atoms with Crippen molar-refractivity contribution in [3.8, 4) is 5.88 Å². The van der Waals surface area contributed by atoms with Crippen molar-refractivity contribution in [2.75, 3.05) is 6.61 Å². The summed E-state index contributed by atoms with van der Waals surface area (Å²) in [6.07, 6.45) is -3.56. The van der Waals surface area contributed by atoms with Crippen LogP contribution in [-0.2, 0) is 9.59 Å². The molecule has 11 heteroatoms. The highest BCUT2D eigenvalue weighted by Gasteiger charge is 2.31. The van der Waals surface area contributed by atoms with Crippen LogP contribution >= 0.6 is 0 Å². The number of carbonyl (C=O) groups is 2. The molecule has 30 heavy (non-hydrogen) atoms. The molecule has 7 nitrogen and oxygen atoms in total. The van der Waals surface area contributed by atoms with Gasteiger partial charge in [0.05, 0.1) is 12.1 Å². The Morgan fingerprint density at radius 1 is 1.43 bits per heavy atom. The van der Waals surface area contributed by atoms with Gasteiger partial charge in [0.25, 0.3) is 0 Å². The van der Waals surface area contributed by atoms with E-state index in [0.29, 0.717) is 11.8 Å². The summed E-state index contributed by atoms with van der Waals surface area (Å²) < 4.78 is 55.9. The van der Waals surface area contributed by atoms with Crippen LogP contribution in [0, 0.1) is 11.7 Å². The summed E-state index contributed by atoms with van der Waals surface area (Å²) in [6.45, 7) is 1.25. The fourth-order valence-electron chi connectivity index (χ4n) is 2.90. The fourth-order valence-corrected chi connectivity index (χ4v) is 2.90. The number of carbonyl (C=O) groups excluding carboxylic acids is 1. The second-order valence-electron chi connectivity index (χ2n) is 6.94. The van der Waals surface area contributed by atoms with Crippen molar-refractivity contribution in [1.82, 2.24) is 4.98 Å². The maximum absolute atomic E-state index is 14.3. The van der Waals surface area contributed by atoms with Gasteiger partial charge < -0.3 is 15.6 Å². The lowest BCUT2D eigenvalue weighted by molar-refractivity contribution is -0.154. The van der Waals surface area contributed by atoms with Gasteiger partial charge in [-0.25, -0.2) is 9.37 Å². The zero-order valence-electron chi connectivity index (χ0n) is 16.3. The molecule has 1 aromatic rings. The smallest absolute Gasteiger partial charge is 0.422 e. The number of hydrogen-bond donors (Lipinski definition) is 2. The first-order valence-electron chi connectivity index (χ1n) is 9.03. The van der Waals surface area contributed by atoms with Crippen molar-refractivity contribution >= 4 is 23.2 Å². The van der Waals surface area contributed by atoms with Crippen LogP contribution in [-0.4, -0.2) is 46.4 Å². The van der Waals surface area contributed by atoms with E-state index in [4.69, 9.17) is 5.73 Å². The zero-order chi connectivity index (χ0) is 22.6. The number of Topliss-reactive ketones (excluding diaryl/α,β-unsaturated/α-hetero) is 1. The van der Waals surface area contributed by atoms with Gasteiger partial charge in [-0.15, -0.1) is 0 Å². The predicted molar refractivity (Wildman–Crippen MR) is 99.4 cm³/mol. The van der Waals surface area contributed by atoms with Gasteiger partial charge in [-0.3, -0.25) is 14.6 Å². The predicted octanol–water partition coefficient (Wildman–Crippen LogP) is 3.13. The van der Waals surface area contributed by atoms with Gasteiger partial charge >= 0.3 is 12.1 Å². The van der Waals surface area contributed by atoms with E-state index in [1.165, 1.54) is 13.8 Å². The Kier molecular flexibility index (Phi) is 7.16. The number of nitrogens with two attached hydrogens (primary N) is 1. The highest BCUT2D eigenvalue weighted by Crippen LogP contribution is 2.32. The van der Waals surface area contributed by atoms with E-state index in [1.807, 2.05) is 0 Å². The number of aliphatic imine (C=N–C) groups is 1. The molecule has 0 aliphatic heterocycles. The molecular formula is C19H21F4N3O4. The number of rotatable bonds is 6. The van der Waals surface area contributed by atoms with Gasteiger partial charge in [-0.05, 0) is 32.3 Å². The molecule has 1 fully saturated rings. The third-order valence-electron chi connectivity index (χ3n) is 4.65. The Morgan fingerprint density at radius 2 is 2.10 bits per heavy atom. The number of ketones is 1. The van der Waals surface area contributed by atoms with Crippen molar-refractivity contribution in [1.29, 1.82) is 0 Å². The zero-order valence-corrected chi connectivity index (χ0v) is 16.3. The number of aromatic nitrogens is 1. The van der Waals surface area contributed by atoms with E-state index >= 15 is 0 Å². The van der Waals surface area contributed by atoms with Gasteiger partial charge in [0, 0.05) is 29.5 Å². The van der Waals surface area contributed by atoms with E-state index in [-0.39, 0.29) is 42.0 Å². The lowest BCUT2D eigenvalue weighted by Gasteiger charge is -2.25. The number of pyridine rings is 1. The first kappa shape index (κ1) is 23.3. The number of halogens is 4. The average molecular weight is 431 g/mol. The van der Waals surface area contributed by atoms with E-state index in [2.05, 4.69) is 14.7 Å². The molecular weight excluding hydrogens is 410 g/mol. The van der Waals surface area contributed by atoms with Gasteiger partial charge in [0.1, 0.15) is 6.04 Å². The molecule has 0 amide bonds. The minimum atomic E-state index is -4.60.